The first-order chi connectivity index (χ1) is 20.9. The monoisotopic (exact) mass is 675 g/mol. The Morgan fingerprint density at radius 2 is 1.89 bits per heavy atom. The summed E-state index contributed by atoms with van der Waals surface area (Å²) in [5, 5.41) is 2.04. The second-order valence-electron chi connectivity index (χ2n) is 14.2. The molecule has 2 heterocycles. The lowest BCUT2D eigenvalue weighted by Gasteiger charge is -2.29. The summed E-state index contributed by atoms with van der Waals surface area (Å²) in [4.78, 5) is 18.8. The predicted molar refractivity (Wildman–Crippen MR) is 171 cm³/mol. The van der Waals surface area contributed by atoms with E-state index in [0.29, 0.717) is 23.5 Å². The maximum atomic E-state index is 13.5. The third-order valence-corrected chi connectivity index (χ3v) is 11.2. The molecule has 2 aromatic rings. The van der Waals surface area contributed by atoms with Crippen molar-refractivity contribution in [2.24, 2.45) is 0 Å². The van der Waals surface area contributed by atoms with Crippen LogP contribution in [0, 0.1) is 0 Å². The molecule has 1 aliphatic heterocycles. The topological polar surface area (TPSA) is 107 Å². The van der Waals surface area contributed by atoms with Gasteiger partial charge in [0.25, 0.3) is 0 Å². The van der Waals surface area contributed by atoms with Crippen LogP contribution in [-0.4, -0.2) is 88.8 Å². The van der Waals surface area contributed by atoms with E-state index in [4.69, 9.17) is 19.2 Å². The number of carbonyl (C=O) groups is 1. The number of methoxy groups -OCH3 is 1. The number of benzene rings is 1. The zero-order valence-electron chi connectivity index (χ0n) is 27.5. The Bertz CT molecular complexity index is 1360. The largest absolute Gasteiger partial charge is 0.410 e. The van der Waals surface area contributed by atoms with E-state index in [0.717, 1.165) is 29.3 Å². The Morgan fingerprint density at radius 1 is 1.20 bits per heavy atom. The number of halogens is 3. The van der Waals surface area contributed by atoms with Crippen molar-refractivity contribution in [3.05, 3.63) is 29.6 Å². The highest BCUT2D eigenvalue weighted by Gasteiger charge is 2.48. The number of nitrogens with one attached hydrogen (secondary N) is 2. The third kappa shape index (κ3) is 9.28. The molecule has 1 saturated carbocycles. The van der Waals surface area contributed by atoms with Crippen LogP contribution >= 0.6 is 0 Å². The smallest absolute Gasteiger partial charge is 0.382 e. The molecule has 0 unspecified atom stereocenters. The number of alkyl halides is 3. The molecule has 0 radical (unpaired) electrons. The van der Waals surface area contributed by atoms with Gasteiger partial charge in [-0.25, -0.2) is 18.7 Å². The summed E-state index contributed by atoms with van der Waals surface area (Å²) in [6.07, 6.45) is -2.84. The summed E-state index contributed by atoms with van der Waals surface area (Å²) in [5.74, 6) is 0.584. The number of urea groups is 1. The Hall–Kier alpha value is -2.04. The molecule has 10 nitrogen and oxygen atoms in total. The van der Waals surface area contributed by atoms with Gasteiger partial charge in [0.05, 0.1) is 58.2 Å². The van der Waals surface area contributed by atoms with Gasteiger partial charge in [0.15, 0.2) is 0 Å². The van der Waals surface area contributed by atoms with Crippen molar-refractivity contribution in [1.29, 1.82) is 0 Å². The molecule has 1 aromatic carbocycles. The summed E-state index contributed by atoms with van der Waals surface area (Å²) in [6.45, 7) is 14.7. The number of hydrogen-bond acceptors (Lipinski definition) is 6. The van der Waals surface area contributed by atoms with Crippen LogP contribution in [0.3, 0.4) is 0 Å². The highest BCUT2D eigenvalue weighted by atomic mass is 32.2. The van der Waals surface area contributed by atoms with Crippen LogP contribution in [0.2, 0.25) is 25.7 Å². The molecule has 2 aliphatic rings. The van der Waals surface area contributed by atoms with Crippen LogP contribution < -0.4 is 10.0 Å². The number of rotatable bonds is 15. The molecule has 1 saturated heterocycles. The van der Waals surface area contributed by atoms with Gasteiger partial charge in [0, 0.05) is 21.8 Å². The van der Waals surface area contributed by atoms with Gasteiger partial charge in [-0.2, -0.15) is 13.2 Å². The molecular formula is C30H48F3N5O5SSi. The highest BCUT2D eigenvalue weighted by Crippen LogP contribution is 2.34. The van der Waals surface area contributed by atoms with Gasteiger partial charge in [0.1, 0.15) is 24.6 Å². The number of aromatic nitrogens is 2. The summed E-state index contributed by atoms with van der Waals surface area (Å²) in [7, 11) is -1.34. The molecule has 254 valence electrons. The van der Waals surface area contributed by atoms with Crippen molar-refractivity contribution in [3.8, 4) is 0 Å². The lowest BCUT2D eigenvalue weighted by molar-refractivity contribution is -0.150. The van der Waals surface area contributed by atoms with Crippen molar-refractivity contribution in [2.45, 2.75) is 114 Å². The van der Waals surface area contributed by atoms with Crippen LogP contribution in [0.4, 0.5) is 18.0 Å². The number of ether oxygens (including phenoxy) is 3. The van der Waals surface area contributed by atoms with Crippen LogP contribution in [0.5, 0.6) is 0 Å². The number of nitrogens with zero attached hydrogens (tertiary/aromatic N) is 3. The first kappa shape index (κ1) is 35.8. The van der Waals surface area contributed by atoms with Crippen molar-refractivity contribution < 1.29 is 36.4 Å². The van der Waals surface area contributed by atoms with Gasteiger partial charge in [-0.15, -0.1) is 0 Å². The van der Waals surface area contributed by atoms with Gasteiger partial charge in [-0.3, -0.25) is 0 Å². The number of carbonyl (C=O) groups excluding carboxylic acids is 1. The standard InChI is InChI=1S/C30H48F3N5O5SSi/c1-19(43-21-10-11-21)26(36-44(40)29(2,3)4)27-34-22-15-20(9-12-23(22)38(27)18-42-13-14-45(6,7)8)24(17-41-5)37-16-25(30(31,32)33)35-28(37)39/h9,12,15,19,21,24-26,36H,10-11,13-14,16-18H2,1-8H3,(H,35,39)/t19-,24-,25+,26+,44-/m1/s1. The average Bonchev–Trinajstić information content (AvgIpc) is 3.54. The first-order valence-electron chi connectivity index (χ1n) is 15.4. The fourth-order valence-electron chi connectivity index (χ4n) is 5.05. The van der Waals surface area contributed by atoms with Crippen molar-refractivity contribution >= 4 is 36.1 Å². The minimum Gasteiger partial charge on any atom is -0.382 e. The molecule has 5 atom stereocenters. The summed E-state index contributed by atoms with van der Waals surface area (Å²) in [6, 6.07) is 2.29. The SMILES string of the molecule is COC[C@H](c1ccc2c(c1)nc([C@@H](N[S@](=O)C(C)(C)C)[C@@H](C)OC1CC1)n2COCC[Si](C)(C)C)N1C[C@@H](C(F)(F)F)NC1=O. The Morgan fingerprint density at radius 3 is 2.44 bits per heavy atom. The van der Waals surface area contributed by atoms with E-state index < -0.39 is 60.7 Å². The Kier molecular flexibility index (Phi) is 11.1. The fourth-order valence-corrected chi connectivity index (χ4v) is 6.69. The third-order valence-electron chi connectivity index (χ3n) is 7.91. The van der Waals surface area contributed by atoms with Gasteiger partial charge < -0.3 is 29.0 Å². The van der Waals surface area contributed by atoms with Crippen molar-refractivity contribution in [1.82, 2.24) is 24.5 Å². The minimum atomic E-state index is -4.57. The summed E-state index contributed by atoms with van der Waals surface area (Å²) < 4.78 is 76.3. The number of fused-ring (bicyclic) bond motifs is 1. The normalized spacial score (nSPS) is 20.8. The lowest BCUT2D eigenvalue weighted by atomic mass is 10.1. The van der Waals surface area contributed by atoms with E-state index in [1.807, 2.05) is 43.6 Å². The minimum absolute atomic E-state index is 0.00210. The van der Waals surface area contributed by atoms with E-state index >= 15 is 0 Å². The maximum Gasteiger partial charge on any atom is 0.410 e. The molecule has 1 aromatic heterocycles. The molecular weight excluding hydrogens is 628 g/mol. The van der Waals surface area contributed by atoms with Gasteiger partial charge in [-0.05, 0) is 64.3 Å². The second kappa shape index (κ2) is 14.0. The zero-order valence-corrected chi connectivity index (χ0v) is 29.3. The lowest BCUT2D eigenvalue weighted by Crippen LogP contribution is -2.41. The highest BCUT2D eigenvalue weighted by molar-refractivity contribution is 7.84. The quantitative estimate of drug-likeness (QED) is 0.187. The van der Waals surface area contributed by atoms with E-state index in [9.17, 15) is 22.2 Å². The molecule has 45 heavy (non-hydrogen) atoms. The molecule has 0 bridgehead atoms. The summed E-state index contributed by atoms with van der Waals surface area (Å²) in [5.41, 5.74) is 1.89. The molecule has 0 spiro atoms. The van der Waals surface area contributed by atoms with E-state index in [-0.39, 0.29) is 25.5 Å². The van der Waals surface area contributed by atoms with Crippen LogP contribution in [0.25, 0.3) is 11.0 Å². The zero-order chi connectivity index (χ0) is 33.3. The van der Waals surface area contributed by atoms with E-state index in [2.05, 4.69) is 24.4 Å². The molecule has 2 fully saturated rings. The molecule has 1 aliphatic carbocycles. The van der Waals surface area contributed by atoms with Gasteiger partial charge in [-0.1, -0.05) is 25.7 Å². The van der Waals surface area contributed by atoms with E-state index in [1.165, 1.54) is 7.11 Å². The molecule has 2 N–H and O–H groups in total. The molecule has 15 heteroatoms. The summed E-state index contributed by atoms with van der Waals surface area (Å²) >= 11 is 0. The maximum absolute atomic E-state index is 13.5. The van der Waals surface area contributed by atoms with Crippen molar-refractivity contribution in [3.63, 3.8) is 0 Å². The molecule has 2 amide bonds. The van der Waals surface area contributed by atoms with Crippen LogP contribution in [0.15, 0.2) is 18.2 Å². The average molecular weight is 676 g/mol. The second-order valence-corrected chi connectivity index (χ2v) is 21.8. The van der Waals surface area contributed by atoms with Gasteiger partial charge >= 0.3 is 12.2 Å². The van der Waals surface area contributed by atoms with E-state index in [1.54, 1.807) is 12.1 Å². The Labute approximate surface area is 267 Å². The number of hydrogen-bond donors (Lipinski definition) is 2. The van der Waals surface area contributed by atoms with Crippen LogP contribution in [0.1, 0.15) is 64.0 Å². The number of imidazole rings is 1. The van der Waals surface area contributed by atoms with Crippen LogP contribution in [-0.2, 0) is 31.9 Å². The fraction of sp³-hybridized carbons (Fsp3) is 0.733. The van der Waals surface area contributed by atoms with Crippen molar-refractivity contribution in [2.75, 3.05) is 26.9 Å². The molecule has 4 rings (SSSR count). The first-order valence-corrected chi connectivity index (χ1v) is 20.3. The van der Waals surface area contributed by atoms with Gasteiger partial charge in [0.2, 0.25) is 0 Å². The number of amides is 2. The predicted octanol–water partition coefficient (Wildman–Crippen LogP) is 5.65. The Balaban J connectivity index is 1.75.